The summed E-state index contributed by atoms with van der Waals surface area (Å²) < 4.78 is 17.6. The van der Waals surface area contributed by atoms with Crippen molar-refractivity contribution in [3.63, 3.8) is 0 Å². The molecule has 2 atom stereocenters. The number of hydrogen-bond acceptors (Lipinski definition) is 8. The molecule has 1 unspecified atom stereocenters. The fraction of sp³-hybridized carbons (Fsp3) is 0.516. The number of aryl methyl sites for hydroxylation is 1. The van der Waals surface area contributed by atoms with Crippen molar-refractivity contribution in [2.75, 3.05) is 19.6 Å². The molecule has 1 amide bonds. The monoisotopic (exact) mass is 551 g/mol. The van der Waals surface area contributed by atoms with Gasteiger partial charge >= 0.3 is 12.1 Å². The molecule has 9 nitrogen and oxygen atoms in total. The van der Waals surface area contributed by atoms with Crippen LogP contribution in [-0.4, -0.2) is 75.8 Å². The van der Waals surface area contributed by atoms with Gasteiger partial charge in [-0.15, -0.1) is 0 Å². The lowest BCUT2D eigenvalue weighted by atomic mass is 10.0. The zero-order valence-corrected chi connectivity index (χ0v) is 24.6. The number of carbonyl (C=O) groups is 2. The van der Waals surface area contributed by atoms with Crippen molar-refractivity contribution >= 4 is 23.6 Å². The number of esters is 1. The highest BCUT2D eigenvalue weighted by Gasteiger charge is 2.37. The summed E-state index contributed by atoms with van der Waals surface area (Å²) >= 11 is 0. The molecule has 1 fully saturated rings. The van der Waals surface area contributed by atoms with Crippen molar-refractivity contribution in [3.8, 4) is 11.5 Å². The normalized spacial score (nSPS) is 18.0. The molecule has 2 heterocycles. The van der Waals surface area contributed by atoms with Gasteiger partial charge in [0.2, 0.25) is 0 Å². The lowest BCUT2D eigenvalue weighted by Crippen LogP contribution is -2.58. The van der Waals surface area contributed by atoms with E-state index in [0.29, 0.717) is 37.6 Å². The minimum atomic E-state index is -0.967. The van der Waals surface area contributed by atoms with Crippen LogP contribution in [0.4, 0.5) is 10.5 Å². The van der Waals surface area contributed by atoms with E-state index in [1.54, 1.807) is 25.7 Å². The molecule has 1 saturated heterocycles. The Hall–Kier alpha value is -3.59. The Kier molecular flexibility index (Phi) is 8.44. The topological polar surface area (TPSA) is 101 Å². The van der Waals surface area contributed by atoms with Crippen molar-refractivity contribution in [1.82, 2.24) is 9.80 Å². The molecule has 40 heavy (non-hydrogen) atoms. The smallest absolute Gasteiger partial charge is 0.410 e. The molecule has 2 aromatic carbocycles. The molecule has 1 N–H and O–H groups in total. The number of hydrogen-bond donors (Lipinski definition) is 1. The number of nitrogens with zero attached hydrogens (tertiary/aromatic N) is 3. The van der Waals surface area contributed by atoms with Crippen LogP contribution in [-0.2, 0) is 14.3 Å². The van der Waals surface area contributed by atoms with Crippen LogP contribution in [0.2, 0.25) is 0 Å². The molecule has 0 aromatic heterocycles. The van der Waals surface area contributed by atoms with Crippen LogP contribution in [0.15, 0.2) is 47.5 Å². The maximum atomic E-state index is 13.2. The van der Waals surface area contributed by atoms with Gasteiger partial charge in [0.05, 0.1) is 23.6 Å². The van der Waals surface area contributed by atoms with E-state index in [2.05, 4.69) is 4.90 Å². The standard InChI is InChI=1S/C31H41N3O6/c1-20-12-13-26-24(16-20)32-28(23-10-8-9-11-25(23)39-26)33-14-15-34(29(36)40-30(3,4)5)22(19-33)17-27(35)38-21(2)18-31(6,7)37/h8-13,16,21-22,37H,14-15,17-19H2,1-7H3/t21-,22?/m1/s1. The molecule has 2 aliphatic rings. The van der Waals surface area contributed by atoms with E-state index in [9.17, 15) is 14.7 Å². The summed E-state index contributed by atoms with van der Waals surface area (Å²) in [5.74, 6) is 1.64. The highest BCUT2D eigenvalue weighted by atomic mass is 16.6. The van der Waals surface area contributed by atoms with E-state index in [4.69, 9.17) is 19.2 Å². The maximum Gasteiger partial charge on any atom is 0.410 e. The molecule has 9 heteroatoms. The number of piperazine rings is 1. The Labute approximate surface area is 236 Å². The summed E-state index contributed by atoms with van der Waals surface area (Å²) in [6.45, 7) is 13.8. The molecular formula is C31H41N3O6. The molecule has 216 valence electrons. The molecule has 0 bridgehead atoms. The van der Waals surface area contributed by atoms with Crippen molar-refractivity contribution in [1.29, 1.82) is 0 Å². The van der Waals surface area contributed by atoms with E-state index < -0.39 is 35.4 Å². The van der Waals surface area contributed by atoms with Gasteiger partial charge in [-0.2, -0.15) is 0 Å². The molecule has 2 aliphatic heterocycles. The number of aliphatic hydroxyl groups is 1. The summed E-state index contributed by atoms with van der Waals surface area (Å²) in [6, 6.07) is 13.1. The fourth-order valence-electron chi connectivity index (χ4n) is 5.07. The summed E-state index contributed by atoms with van der Waals surface area (Å²) in [4.78, 5) is 35.0. The number of rotatable bonds is 5. The first kappa shape index (κ1) is 29.4. The van der Waals surface area contributed by atoms with Gasteiger partial charge in [-0.3, -0.25) is 4.79 Å². The second-order valence-electron chi connectivity index (χ2n) is 12.3. The molecule has 4 rings (SSSR count). The lowest BCUT2D eigenvalue weighted by Gasteiger charge is -2.42. The first-order chi connectivity index (χ1) is 18.7. The number of para-hydroxylation sites is 1. The van der Waals surface area contributed by atoms with E-state index in [0.717, 1.165) is 22.6 Å². The third-order valence-corrected chi connectivity index (χ3v) is 6.62. The van der Waals surface area contributed by atoms with E-state index >= 15 is 0 Å². The van der Waals surface area contributed by atoms with E-state index in [1.165, 1.54) is 0 Å². The Bertz CT molecular complexity index is 1280. The van der Waals surface area contributed by atoms with Gasteiger partial charge in [0.15, 0.2) is 5.75 Å². The molecule has 0 radical (unpaired) electrons. The van der Waals surface area contributed by atoms with Gasteiger partial charge in [0, 0.05) is 26.1 Å². The van der Waals surface area contributed by atoms with Crippen LogP contribution < -0.4 is 4.74 Å². The van der Waals surface area contributed by atoms with Gasteiger partial charge in [-0.25, -0.2) is 9.79 Å². The fourth-order valence-corrected chi connectivity index (χ4v) is 5.07. The van der Waals surface area contributed by atoms with Gasteiger partial charge in [0.25, 0.3) is 0 Å². The van der Waals surface area contributed by atoms with E-state index in [1.807, 2.05) is 70.2 Å². The van der Waals surface area contributed by atoms with Gasteiger partial charge in [0.1, 0.15) is 29.0 Å². The number of fused-ring (bicyclic) bond motifs is 2. The Morgan fingerprint density at radius 3 is 2.52 bits per heavy atom. The highest BCUT2D eigenvalue weighted by molar-refractivity contribution is 6.04. The number of carbonyl (C=O) groups excluding carboxylic acids is 2. The predicted molar refractivity (Wildman–Crippen MR) is 153 cm³/mol. The first-order valence-corrected chi connectivity index (χ1v) is 13.8. The van der Waals surface area contributed by atoms with Crippen molar-refractivity contribution < 1.29 is 28.9 Å². The zero-order valence-electron chi connectivity index (χ0n) is 24.6. The molecule has 0 aliphatic carbocycles. The molecule has 0 saturated carbocycles. The van der Waals surface area contributed by atoms with Crippen LogP contribution in [0, 0.1) is 6.92 Å². The van der Waals surface area contributed by atoms with Crippen molar-refractivity contribution in [2.45, 2.75) is 84.7 Å². The Balaban J connectivity index is 1.63. The van der Waals surface area contributed by atoms with Gasteiger partial charge < -0.3 is 29.1 Å². The minimum absolute atomic E-state index is 0.0208. The summed E-state index contributed by atoms with van der Waals surface area (Å²) in [6.07, 6.45) is -0.663. The van der Waals surface area contributed by atoms with Crippen LogP contribution in [0.1, 0.15) is 65.5 Å². The SMILES string of the molecule is Cc1ccc2c(c1)N=C(N1CCN(C(=O)OC(C)(C)C)C(CC(=O)O[C@H](C)CC(C)(C)O)C1)c1ccccc1O2. The largest absolute Gasteiger partial charge is 0.462 e. The number of ether oxygens (including phenoxy) is 3. The van der Waals surface area contributed by atoms with E-state index in [-0.39, 0.29) is 6.42 Å². The van der Waals surface area contributed by atoms with Crippen LogP contribution in [0.25, 0.3) is 0 Å². The summed E-state index contributed by atoms with van der Waals surface area (Å²) in [5.41, 5.74) is 0.973. The quantitative estimate of drug-likeness (QED) is 0.484. The lowest BCUT2D eigenvalue weighted by molar-refractivity contribution is -0.152. The molecule has 0 spiro atoms. The number of amides is 1. The average Bonchev–Trinajstić information content (AvgIpc) is 2.98. The second-order valence-corrected chi connectivity index (χ2v) is 12.3. The maximum absolute atomic E-state index is 13.2. The Morgan fingerprint density at radius 1 is 1.10 bits per heavy atom. The minimum Gasteiger partial charge on any atom is -0.462 e. The summed E-state index contributed by atoms with van der Waals surface area (Å²) in [5, 5.41) is 10.1. The van der Waals surface area contributed by atoms with Crippen LogP contribution in [0.3, 0.4) is 0 Å². The third-order valence-electron chi connectivity index (χ3n) is 6.62. The first-order valence-electron chi connectivity index (χ1n) is 13.8. The van der Waals surface area contributed by atoms with Crippen LogP contribution in [0.5, 0.6) is 11.5 Å². The molecular weight excluding hydrogens is 510 g/mol. The summed E-state index contributed by atoms with van der Waals surface area (Å²) in [7, 11) is 0. The molecule has 2 aromatic rings. The average molecular weight is 552 g/mol. The number of amidine groups is 1. The Morgan fingerprint density at radius 2 is 1.82 bits per heavy atom. The zero-order chi connectivity index (χ0) is 29.2. The van der Waals surface area contributed by atoms with Crippen molar-refractivity contribution in [2.24, 2.45) is 4.99 Å². The van der Waals surface area contributed by atoms with Crippen LogP contribution >= 0.6 is 0 Å². The predicted octanol–water partition coefficient (Wildman–Crippen LogP) is 5.58. The third kappa shape index (κ3) is 7.53. The van der Waals surface area contributed by atoms with Gasteiger partial charge in [-0.1, -0.05) is 18.2 Å². The van der Waals surface area contributed by atoms with Gasteiger partial charge in [-0.05, 0) is 78.3 Å². The highest BCUT2D eigenvalue weighted by Crippen LogP contribution is 2.39. The number of benzene rings is 2. The number of aliphatic imine (C=N–C) groups is 1. The van der Waals surface area contributed by atoms with Crippen molar-refractivity contribution in [3.05, 3.63) is 53.6 Å². The second kappa shape index (κ2) is 11.5.